The van der Waals surface area contributed by atoms with Gasteiger partial charge in [0.1, 0.15) is 11.8 Å². The molecule has 0 bridgehead atoms. The number of imide groups is 2. The predicted octanol–water partition coefficient (Wildman–Crippen LogP) is 2.58. The zero-order valence-electron chi connectivity index (χ0n) is 17.6. The summed E-state index contributed by atoms with van der Waals surface area (Å²) in [6.07, 6.45) is 8.09. The van der Waals surface area contributed by atoms with Gasteiger partial charge in [-0.05, 0) is 44.0 Å². The monoisotopic (exact) mass is 451 g/mol. The lowest BCUT2D eigenvalue weighted by atomic mass is 10.0. The molecule has 3 rings (SSSR count). The van der Waals surface area contributed by atoms with Gasteiger partial charge in [-0.2, -0.15) is 0 Å². The molecular weight excluding hydrogens is 422 g/mol. The maximum atomic E-state index is 12.8. The molecule has 31 heavy (non-hydrogen) atoms. The molecule has 1 saturated heterocycles. The van der Waals surface area contributed by atoms with Crippen molar-refractivity contribution in [1.29, 1.82) is 0 Å². The Balaban J connectivity index is 0.00000341. The van der Waals surface area contributed by atoms with E-state index < -0.39 is 23.8 Å². The Morgan fingerprint density at radius 1 is 0.935 bits per heavy atom. The van der Waals surface area contributed by atoms with Gasteiger partial charge in [0.15, 0.2) is 0 Å². The van der Waals surface area contributed by atoms with Crippen LogP contribution >= 0.6 is 12.4 Å². The van der Waals surface area contributed by atoms with Gasteiger partial charge in [0.2, 0.25) is 11.8 Å². The van der Waals surface area contributed by atoms with E-state index in [1.54, 1.807) is 18.2 Å². The largest absolute Gasteiger partial charge is 0.494 e. The summed E-state index contributed by atoms with van der Waals surface area (Å²) in [6.45, 7) is 1.30. The van der Waals surface area contributed by atoms with Gasteiger partial charge in [0.25, 0.3) is 11.8 Å². The molecule has 1 fully saturated rings. The van der Waals surface area contributed by atoms with Gasteiger partial charge in [0, 0.05) is 6.42 Å². The molecule has 2 aliphatic rings. The minimum atomic E-state index is -0.954. The van der Waals surface area contributed by atoms with Gasteiger partial charge in [-0.25, -0.2) is 0 Å². The summed E-state index contributed by atoms with van der Waals surface area (Å²) in [4.78, 5) is 49.8. The number of rotatable bonds is 11. The van der Waals surface area contributed by atoms with Crippen molar-refractivity contribution in [2.24, 2.45) is 5.73 Å². The molecule has 170 valence electrons. The first-order valence-electron chi connectivity index (χ1n) is 10.7. The number of benzene rings is 1. The van der Waals surface area contributed by atoms with E-state index in [1.165, 1.54) is 19.3 Å². The van der Waals surface area contributed by atoms with Crippen LogP contribution < -0.4 is 15.8 Å². The van der Waals surface area contributed by atoms with E-state index in [-0.39, 0.29) is 42.3 Å². The number of hydrogen-bond donors (Lipinski definition) is 2. The summed E-state index contributed by atoms with van der Waals surface area (Å²) in [5, 5.41) is 2.19. The van der Waals surface area contributed by atoms with Gasteiger partial charge in [0.05, 0.1) is 17.7 Å². The van der Waals surface area contributed by atoms with Crippen LogP contribution in [0.4, 0.5) is 0 Å². The van der Waals surface area contributed by atoms with Crippen LogP contribution in [0.1, 0.15) is 78.5 Å². The fourth-order valence-corrected chi connectivity index (χ4v) is 3.86. The summed E-state index contributed by atoms with van der Waals surface area (Å²) in [6, 6.07) is 3.84. The number of ether oxygens (including phenoxy) is 1. The highest BCUT2D eigenvalue weighted by Gasteiger charge is 2.44. The number of nitrogens with zero attached hydrogens (tertiary/aromatic N) is 1. The van der Waals surface area contributed by atoms with Gasteiger partial charge in [-0.1, -0.05) is 32.1 Å². The van der Waals surface area contributed by atoms with E-state index in [2.05, 4.69) is 5.32 Å². The molecule has 8 nitrogen and oxygen atoms in total. The zero-order valence-corrected chi connectivity index (χ0v) is 18.4. The number of carbonyl (C=O) groups is 4. The van der Waals surface area contributed by atoms with Crippen LogP contribution in [-0.4, -0.2) is 47.7 Å². The highest BCUT2D eigenvalue weighted by atomic mass is 35.5. The average molecular weight is 452 g/mol. The quantitative estimate of drug-likeness (QED) is 0.394. The zero-order chi connectivity index (χ0) is 21.5. The summed E-state index contributed by atoms with van der Waals surface area (Å²) >= 11 is 0. The number of halogens is 1. The van der Waals surface area contributed by atoms with Crippen LogP contribution in [0, 0.1) is 0 Å². The van der Waals surface area contributed by atoms with E-state index in [9.17, 15) is 19.2 Å². The lowest BCUT2D eigenvalue weighted by Gasteiger charge is -2.27. The van der Waals surface area contributed by atoms with Gasteiger partial charge in [-0.15, -0.1) is 12.4 Å². The third-order valence-corrected chi connectivity index (χ3v) is 5.53. The maximum absolute atomic E-state index is 12.8. The maximum Gasteiger partial charge on any atom is 0.262 e. The fourth-order valence-electron chi connectivity index (χ4n) is 3.86. The number of carbonyl (C=O) groups excluding carboxylic acids is 4. The lowest BCUT2D eigenvalue weighted by Crippen LogP contribution is -2.54. The topological polar surface area (TPSA) is 119 Å². The Morgan fingerprint density at radius 3 is 2.26 bits per heavy atom. The van der Waals surface area contributed by atoms with Crippen molar-refractivity contribution in [2.45, 2.75) is 63.8 Å². The third-order valence-electron chi connectivity index (χ3n) is 5.53. The van der Waals surface area contributed by atoms with Gasteiger partial charge >= 0.3 is 0 Å². The molecule has 2 aliphatic heterocycles. The van der Waals surface area contributed by atoms with E-state index in [0.717, 1.165) is 37.1 Å². The average Bonchev–Trinajstić information content (AvgIpc) is 2.97. The molecule has 3 N–H and O–H groups in total. The second-order valence-corrected chi connectivity index (χ2v) is 7.77. The number of nitrogens with two attached hydrogens (primary N) is 1. The Hall–Kier alpha value is -2.45. The number of nitrogens with one attached hydrogen (secondary N) is 1. The Kier molecular flexibility index (Phi) is 9.45. The molecule has 9 heteroatoms. The summed E-state index contributed by atoms with van der Waals surface area (Å²) in [5.74, 6) is -1.50. The summed E-state index contributed by atoms with van der Waals surface area (Å²) in [5.41, 5.74) is 5.98. The second-order valence-electron chi connectivity index (χ2n) is 7.77. The van der Waals surface area contributed by atoms with Crippen LogP contribution in [0.15, 0.2) is 18.2 Å². The minimum Gasteiger partial charge on any atom is -0.494 e. The van der Waals surface area contributed by atoms with Crippen molar-refractivity contribution in [3.63, 3.8) is 0 Å². The molecule has 0 spiro atoms. The third kappa shape index (κ3) is 6.04. The van der Waals surface area contributed by atoms with Crippen molar-refractivity contribution >= 4 is 36.0 Å². The molecule has 1 aromatic carbocycles. The first-order valence-corrected chi connectivity index (χ1v) is 10.7. The molecule has 1 unspecified atom stereocenters. The smallest absolute Gasteiger partial charge is 0.262 e. The van der Waals surface area contributed by atoms with Crippen LogP contribution in [0.2, 0.25) is 0 Å². The van der Waals surface area contributed by atoms with Crippen molar-refractivity contribution < 1.29 is 23.9 Å². The second kappa shape index (κ2) is 11.8. The van der Waals surface area contributed by atoms with Crippen LogP contribution in [0.3, 0.4) is 0 Å². The fraction of sp³-hybridized carbons (Fsp3) is 0.545. The first-order chi connectivity index (χ1) is 14.5. The number of fused-ring (bicyclic) bond motifs is 1. The van der Waals surface area contributed by atoms with E-state index >= 15 is 0 Å². The highest BCUT2D eigenvalue weighted by molar-refractivity contribution is 6.23. The molecular formula is C22H30ClN3O5. The van der Waals surface area contributed by atoms with Crippen LogP contribution in [0.25, 0.3) is 0 Å². The standard InChI is InChI=1S/C22H29N3O5.ClH/c23-12-6-4-2-1-3-5-7-13-30-15-8-9-16-17(14-15)22(29)25(21(16)28)18-10-11-19(26)24-20(18)27;/h8-9,14,18H,1-7,10-13,23H2,(H,24,26,27);1H. The van der Waals surface area contributed by atoms with Crippen LogP contribution in [0.5, 0.6) is 5.75 Å². The predicted molar refractivity (Wildman–Crippen MR) is 117 cm³/mol. The minimum absolute atomic E-state index is 0. The van der Waals surface area contributed by atoms with Crippen LogP contribution in [-0.2, 0) is 9.59 Å². The van der Waals surface area contributed by atoms with E-state index in [1.807, 2.05) is 0 Å². The number of hydrogen-bond acceptors (Lipinski definition) is 6. The molecule has 1 aromatic rings. The summed E-state index contributed by atoms with van der Waals surface area (Å²) in [7, 11) is 0. The molecule has 2 heterocycles. The normalized spacial score (nSPS) is 18.0. The van der Waals surface area contributed by atoms with E-state index in [4.69, 9.17) is 10.5 Å². The first kappa shape index (κ1) is 24.8. The van der Waals surface area contributed by atoms with Crippen molar-refractivity contribution in [1.82, 2.24) is 10.2 Å². The van der Waals surface area contributed by atoms with Gasteiger partial charge in [-0.3, -0.25) is 29.4 Å². The Morgan fingerprint density at radius 2 is 1.58 bits per heavy atom. The van der Waals surface area contributed by atoms with Crippen molar-refractivity contribution in [2.75, 3.05) is 13.2 Å². The van der Waals surface area contributed by atoms with Crippen molar-refractivity contribution in [3.8, 4) is 5.75 Å². The Labute approximate surface area is 188 Å². The Bertz CT molecular complexity index is 829. The summed E-state index contributed by atoms with van der Waals surface area (Å²) < 4.78 is 5.75. The number of unbranched alkanes of at least 4 members (excludes halogenated alkanes) is 6. The SMILES string of the molecule is Cl.NCCCCCCCCCOc1ccc2c(c1)C(=O)N(C1CCC(=O)NC1=O)C2=O. The molecule has 0 radical (unpaired) electrons. The van der Waals surface area contributed by atoms with Crippen molar-refractivity contribution in [3.05, 3.63) is 29.3 Å². The molecule has 0 aliphatic carbocycles. The van der Waals surface area contributed by atoms with E-state index in [0.29, 0.717) is 12.4 Å². The molecule has 4 amide bonds. The highest BCUT2D eigenvalue weighted by Crippen LogP contribution is 2.30. The lowest BCUT2D eigenvalue weighted by molar-refractivity contribution is -0.136. The molecule has 0 saturated carbocycles. The number of piperidine rings is 1. The molecule has 1 atom stereocenters. The van der Waals surface area contributed by atoms with Gasteiger partial charge < -0.3 is 10.5 Å². The molecule has 0 aromatic heterocycles. The number of amides is 4.